The first-order valence-electron chi connectivity index (χ1n) is 7.00. The van der Waals surface area contributed by atoms with Crippen LogP contribution in [0.25, 0.3) is 0 Å². The first kappa shape index (κ1) is 13.8. The van der Waals surface area contributed by atoms with Crippen LogP contribution in [0.2, 0.25) is 0 Å². The number of fused-ring (bicyclic) bond motifs is 1. The van der Waals surface area contributed by atoms with E-state index in [0.717, 1.165) is 12.8 Å². The molecule has 1 aromatic heterocycles. The molecular formula is C16H16N2O2S. The van der Waals surface area contributed by atoms with Crippen LogP contribution in [0.4, 0.5) is 0 Å². The molecule has 0 saturated heterocycles. The van der Waals surface area contributed by atoms with Crippen LogP contribution in [0, 0.1) is 0 Å². The number of nitrogens with one attached hydrogen (secondary N) is 2. The van der Waals surface area contributed by atoms with Crippen LogP contribution in [-0.4, -0.2) is 11.8 Å². The van der Waals surface area contributed by atoms with Gasteiger partial charge in [-0.25, -0.2) is 0 Å². The molecule has 0 unspecified atom stereocenters. The Morgan fingerprint density at radius 2 is 1.71 bits per heavy atom. The van der Waals surface area contributed by atoms with Gasteiger partial charge in [0.1, 0.15) is 0 Å². The van der Waals surface area contributed by atoms with Gasteiger partial charge in [0.25, 0.3) is 11.8 Å². The molecule has 1 aromatic carbocycles. The second-order valence-corrected chi connectivity index (χ2v) is 6.02. The Kier molecular flexibility index (Phi) is 4.01. The van der Waals surface area contributed by atoms with Crippen molar-refractivity contribution in [2.24, 2.45) is 0 Å². The highest BCUT2D eigenvalue weighted by atomic mass is 32.1. The van der Waals surface area contributed by atoms with Crippen LogP contribution in [0.15, 0.2) is 35.7 Å². The van der Waals surface area contributed by atoms with E-state index < -0.39 is 0 Å². The number of carbonyl (C=O) groups is 2. The second kappa shape index (κ2) is 6.10. The summed E-state index contributed by atoms with van der Waals surface area (Å²) >= 11 is 1.33. The van der Waals surface area contributed by atoms with Crippen LogP contribution >= 0.6 is 11.3 Å². The molecule has 3 rings (SSSR count). The van der Waals surface area contributed by atoms with Gasteiger partial charge < -0.3 is 0 Å². The van der Waals surface area contributed by atoms with Gasteiger partial charge in [-0.3, -0.25) is 20.4 Å². The minimum absolute atomic E-state index is 0.284. The van der Waals surface area contributed by atoms with Gasteiger partial charge in [-0.2, -0.15) is 0 Å². The molecule has 1 heterocycles. The van der Waals surface area contributed by atoms with Crippen molar-refractivity contribution in [2.45, 2.75) is 25.7 Å². The Morgan fingerprint density at radius 3 is 2.48 bits per heavy atom. The number of hydrogen-bond acceptors (Lipinski definition) is 3. The van der Waals surface area contributed by atoms with E-state index in [1.165, 1.54) is 35.3 Å². The van der Waals surface area contributed by atoms with E-state index in [-0.39, 0.29) is 11.8 Å². The molecule has 0 radical (unpaired) electrons. The zero-order chi connectivity index (χ0) is 14.7. The molecule has 0 fully saturated rings. The lowest BCUT2D eigenvalue weighted by Gasteiger charge is -2.16. The summed E-state index contributed by atoms with van der Waals surface area (Å²) in [6, 6.07) is 9.28. The van der Waals surface area contributed by atoms with Crippen LogP contribution < -0.4 is 10.9 Å². The fourth-order valence-corrected chi connectivity index (χ4v) is 3.15. The van der Waals surface area contributed by atoms with Crippen molar-refractivity contribution in [2.75, 3.05) is 0 Å². The maximum Gasteiger partial charge on any atom is 0.279 e. The van der Waals surface area contributed by atoms with Gasteiger partial charge in [-0.05, 0) is 60.4 Å². The zero-order valence-electron chi connectivity index (χ0n) is 11.5. The number of rotatable bonds is 2. The maximum absolute atomic E-state index is 12.1. The van der Waals surface area contributed by atoms with Crippen molar-refractivity contribution in [1.82, 2.24) is 10.9 Å². The summed E-state index contributed by atoms with van der Waals surface area (Å²) in [7, 11) is 0. The minimum Gasteiger partial charge on any atom is -0.267 e. The Hall–Kier alpha value is -2.14. The third-order valence-corrected chi connectivity index (χ3v) is 4.51. The van der Waals surface area contributed by atoms with E-state index in [1.807, 2.05) is 23.6 Å². The first-order chi connectivity index (χ1) is 10.2. The quantitative estimate of drug-likeness (QED) is 0.838. The largest absolute Gasteiger partial charge is 0.279 e. The number of aryl methyl sites for hydroxylation is 2. The molecule has 5 heteroatoms. The molecule has 2 amide bonds. The van der Waals surface area contributed by atoms with Gasteiger partial charge in [0.05, 0.1) is 4.88 Å². The van der Waals surface area contributed by atoms with Crippen LogP contribution in [-0.2, 0) is 12.8 Å². The highest BCUT2D eigenvalue weighted by molar-refractivity contribution is 7.12. The molecule has 21 heavy (non-hydrogen) atoms. The predicted octanol–water partition coefficient (Wildman–Crippen LogP) is 2.70. The Bertz CT molecular complexity index is 665. The smallest absolute Gasteiger partial charge is 0.267 e. The monoisotopic (exact) mass is 300 g/mol. The summed E-state index contributed by atoms with van der Waals surface area (Å²) < 4.78 is 0. The molecule has 0 saturated carbocycles. The van der Waals surface area contributed by atoms with Crippen molar-refractivity contribution in [1.29, 1.82) is 0 Å². The number of hydrogen-bond donors (Lipinski definition) is 2. The summed E-state index contributed by atoms with van der Waals surface area (Å²) in [5.41, 5.74) is 8.06. The third kappa shape index (κ3) is 3.13. The fourth-order valence-electron chi connectivity index (χ4n) is 2.53. The van der Waals surface area contributed by atoms with E-state index in [9.17, 15) is 9.59 Å². The van der Waals surface area contributed by atoms with Crippen molar-refractivity contribution in [3.63, 3.8) is 0 Å². The molecule has 1 aliphatic carbocycles. The van der Waals surface area contributed by atoms with Crippen molar-refractivity contribution >= 4 is 23.2 Å². The molecule has 0 spiro atoms. The number of hydrazine groups is 1. The SMILES string of the molecule is O=C(NNC(=O)c1cccs1)c1ccc2c(c1)CCCC2. The van der Waals surface area contributed by atoms with Gasteiger partial charge in [-0.1, -0.05) is 12.1 Å². The van der Waals surface area contributed by atoms with Gasteiger partial charge in [0.2, 0.25) is 0 Å². The molecule has 0 aliphatic heterocycles. The number of thiophene rings is 1. The predicted molar refractivity (Wildman–Crippen MR) is 82.3 cm³/mol. The molecular weight excluding hydrogens is 284 g/mol. The van der Waals surface area contributed by atoms with E-state index in [4.69, 9.17) is 0 Å². The van der Waals surface area contributed by atoms with Crippen molar-refractivity contribution < 1.29 is 9.59 Å². The Balaban J connectivity index is 1.64. The van der Waals surface area contributed by atoms with E-state index in [0.29, 0.717) is 10.4 Å². The standard InChI is InChI=1S/C16H16N2O2S/c19-15(17-18-16(20)14-6-3-9-21-14)13-8-7-11-4-1-2-5-12(11)10-13/h3,6-10H,1-2,4-5H2,(H,17,19)(H,18,20). The van der Waals surface area contributed by atoms with Gasteiger partial charge >= 0.3 is 0 Å². The summed E-state index contributed by atoms with van der Waals surface area (Å²) in [4.78, 5) is 24.4. The highest BCUT2D eigenvalue weighted by Crippen LogP contribution is 2.22. The van der Waals surface area contributed by atoms with E-state index in [1.54, 1.807) is 12.1 Å². The summed E-state index contributed by atoms with van der Waals surface area (Å²) in [6.07, 6.45) is 4.51. The molecule has 2 aromatic rings. The van der Waals surface area contributed by atoms with Crippen molar-refractivity contribution in [3.8, 4) is 0 Å². The van der Waals surface area contributed by atoms with E-state index >= 15 is 0 Å². The fraction of sp³-hybridized carbons (Fsp3) is 0.250. The Morgan fingerprint density at radius 1 is 0.952 bits per heavy atom. The topological polar surface area (TPSA) is 58.2 Å². The normalized spacial score (nSPS) is 13.3. The molecule has 2 N–H and O–H groups in total. The van der Waals surface area contributed by atoms with Crippen LogP contribution in [0.1, 0.15) is 44.0 Å². The Labute approximate surface area is 127 Å². The number of carbonyl (C=O) groups excluding carboxylic acids is 2. The average molecular weight is 300 g/mol. The van der Waals surface area contributed by atoms with E-state index in [2.05, 4.69) is 10.9 Å². The highest BCUT2D eigenvalue weighted by Gasteiger charge is 2.13. The second-order valence-electron chi connectivity index (χ2n) is 5.08. The lowest BCUT2D eigenvalue weighted by Crippen LogP contribution is -2.41. The molecule has 0 atom stereocenters. The summed E-state index contributed by atoms with van der Waals surface area (Å²) in [5.74, 6) is -0.579. The number of amides is 2. The maximum atomic E-state index is 12.1. The molecule has 4 nitrogen and oxygen atoms in total. The van der Waals surface area contributed by atoms with Crippen LogP contribution in [0.3, 0.4) is 0 Å². The van der Waals surface area contributed by atoms with Gasteiger partial charge in [-0.15, -0.1) is 11.3 Å². The van der Waals surface area contributed by atoms with Crippen molar-refractivity contribution in [3.05, 3.63) is 57.3 Å². The van der Waals surface area contributed by atoms with Crippen LogP contribution in [0.5, 0.6) is 0 Å². The lowest BCUT2D eigenvalue weighted by atomic mass is 9.90. The first-order valence-corrected chi connectivity index (χ1v) is 7.88. The summed E-state index contributed by atoms with van der Waals surface area (Å²) in [5, 5.41) is 1.82. The minimum atomic E-state index is -0.295. The van der Waals surface area contributed by atoms with Gasteiger partial charge in [0.15, 0.2) is 0 Å². The van der Waals surface area contributed by atoms with Gasteiger partial charge in [0, 0.05) is 5.56 Å². The molecule has 108 valence electrons. The number of benzene rings is 1. The summed E-state index contributed by atoms with van der Waals surface area (Å²) in [6.45, 7) is 0. The molecule has 0 bridgehead atoms. The zero-order valence-corrected chi connectivity index (χ0v) is 12.3. The average Bonchev–Trinajstić information content (AvgIpc) is 3.06. The third-order valence-electron chi connectivity index (χ3n) is 3.65. The lowest BCUT2D eigenvalue weighted by molar-refractivity contribution is 0.0849. The molecule has 1 aliphatic rings.